The topological polar surface area (TPSA) is 49.6 Å². The summed E-state index contributed by atoms with van der Waals surface area (Å²) in [7, 11) is 0. The van der Waals surface area contributed by atoms with Crippen LogP contribution in [-0.4, -0.2) is 60.1 Å². The van der Waals surface area contributed by atoms with Crippen molar-refractivity contribution < 1.29 is 18.0 Å². The van der Waals surface area contributed by atoms with Crippen molar-refractivity contribution >= 4 is 5.91 Å². The number of alkyl halides is 3. The minimum absolute atomic E-state index is 0.0274. The molecule has 0 aromatic carbocycles. The van der Waals surface area contributed by atoms with Crippen LogP contribution in [0.1, 0.15) is 20.8 Å². The van der Waals surface area contributed by atoms with Crippen LogP contribution >= 0.6 is 0 Å². The molecule has 0 saturated carbocycles. The van der Waals surface area contributed by atoms with E-state index in [4.69, 9.17) is 5.73 Å². The molecule has 112 valence electrons. The van der Waals surface area contributed by atoms with Crippen molar-refractivity contribution in [2.45, 2.75) is 39.0 Å². The third kappa shape index (κ3) is 4.07. The number of carbonyl (C=O) groups is 1. The van der Waals surface area contributed by atoms with Crippen LogP contribution in [0.15, 0.2) is 0 Å². The molecule has 0 spiro atoms. The van der Waals surface area contributed by atoms with Crippen molar-refractivity contribution in [1.82, 2.24) is 9.80 Å². The molecule has 4 nitrogen and oxygen atoms in total. The lowest BCUT2D eigenvalue weighted by Crippen LogP contribution is -2.57. The third-order valence-electron chi connectivity index (χ3n) is 3.65. The molecule has 0 bridgehead atoms. The van der Waals surface area contributed by atoms with Crippen LogP contribution in [0.4, 0.5) is 13.2 Å². The van der Waals surface area contributed by atoms with E-state index in [1.807, 2.05) is 13.8 Å². The van der Waals surface area contributed by atoms with E-state index in [1.54, 1.807) is 4.90 Å². The summed E-state index contributed by atoms with van der Waals surface area (Å²) in [6.45, 7) is 5.93. The van der Waals surface area contributed by atoms with Crippen LogP contribution in [0, 0.1) is 5.92 Å². The summed E-state index contributed by atoms with van der Waals surface area (Å²) in [5, 5.41) is 0. The van der Waals surface area contributed by atoms with E-state index in [1.165, 1.54) is 4.90 Å². The van der Waals surface area contributed by atoms with Gasteiger partial charge in [-0.15, -0.1) is 0 Å². The predicted octanol–water partition coefficient (Wildman–Crippen LogP) is 1.06. The molecule has 0 radical (unpaired) electrons. The summed E-state index contributed by atoms with van der Waals surface area (Å²) >= 11 is 0. The Labute approximate surface area is 111 Å². The van der Waals surface area contributed by atoms with Crippen LogP contribution in [-0.2, 0) is 4.79 Å². The van der Waals surface area contributed by atoms with Crippen LogP contribution in [0.5, 0.6) is 0 Å². The molecule has 1 aliphatic heterocycles. The smallest absolute Gasteiger partial charge is 0.339 e. The minimum Gasteiger partial charge on any atom is -0.339 e. The maximum atomic E-state index is 12.6. The lowest BCUT2D eigenvalue weighted by molar-refractivity contribution is -0.183. The second-order valence-electron chi connectivity index (χ2n) is 5.35. The average Bonchev–Trinajstić information content (AvgIpc) is 2.35. The van der Waals surface area contributed by atoms with Gasteiger partial charge in [0.05, 0.1) is 6.04 Å². The highest BCUT2D eigenvalue weighted by Gasteiger charge is 2.41. The van der Waals surface area contributed by atoms with Gasteiger partial charge in [0.15, 0.2) is 0 Å². The van der Waals surface area contributed by atoms with Gasteiger partial charge in [-0.3, -0.25) is 9.69 Å². The number of amides is 1. The molecule has 1 amide bonds. The Morgan fingerprint density at radius 1 is 1.11 bits per heavy atom. The van der Waals surface area contributed by atoms with Crippen molar-refractivity contribution in [3.63, 3.8) is 0 Å². The normalized spacial score (nSPS) is 21.6. The average molecular weight is 281 g/mol. The van der Waals surface area contributed by atoms with Gasteiger partial charge in [-0.05, 0) is 12.8 Å². The molecule has 2 N–H and O–H groups in total. The fourth-order valence-electron chi connectivity index (χ4n) is 2.03. The van der Waals surface area contributed by atoms with Crippen molar-refractivity contribution in [1.29, 1.82) is 0 Å². The summed E-state index contributed by atoms with van der Waals surface area (Å²) in [5.74, 6) is -0.144. The van der Waals surface area contributed by atoms with Gasteiger partial charge in [-0.1, -0.05) is 13.8 Å². The Hall–Kier alpha value is -0.820. The molecule has 2 atom stereocenters. The highest BCUT2D eigenvalue weighted by atomic mass is 19.4. The molecule has 1 heterocycles. The third-order valence-corrected chi connectivity index (χ3v) is 3.65. The zero-order valence-electron chi connectivity index (χ0n) is 11.6. The first-order valence-electron chi connectivity index (χ1n) is 6.49. The number of piperazine rings is 1. The van der Waals surface area contributed by atoms with Crippen molar-refractivity contribution in [3.8, 4) is 0 Å². The van der Waals surface area contributed by atoms with Crippen LogP contribution in [0.3, 0.4) is 0 Å². The van der Waals surface area contributed by atoms with E-state index in [9.17, 15) is 18.0 Å². The summed E-state index contributed by atoms with van der Waals surface area (Å²) in [6, 6.07) is -2.05. The Bertz CT molecular complexity index is 312. The summed E-state index contributed by atoms with van der Waals surface area (Å²) in [4.78, 5) is 14.9. The largest absolute Gasteiger partial charge is 0.403 e. The van der Waals surface area contributed by atoms with E-state index >= 15 is 0 Å². The summed E-state index contributed by atoms with van der Waals surface area (Å²) < 4.78 is 37.7. The van der Waals surface area contributed by atoms with E-state index in [2.05, 4.69) is 0 Å². The molecule has 0 aliphatic carbocycles. The minimum atomic E-state index is -4.22. The van der Waals surface area contributed by atoms with Gasteiger partial charge in [0.1, 0.15) is 6.04 Å². The molecular formula is C12H22F3N3O. The number of rotatable bonds is 3. The fraction of sp³-hybridized carbons (Fsp3) is 0.917. The van der Waals surface area contributed by atoms with Gasteiger partial charge in [-0.2, -0.15) is 13.2 Å². The highest BCUT2D eigenvalue weighted by molar-refractivity contribution is 5.82. The van der Waals surface area contributed by atoms with Crippen LogP contribution < -0.4 is 5.73 Å². The molecule has 1 fully saturated rings. The molecule has 1 saturated heterocycles. The SMILES string of the molecule is CC(C)[C@H](N)C(=O)N1CCN(C(C)C(F)(F)F)CC1. The van der Waals surface area contributed by atoms with E-state index < -0.39 is 18.3 Å². The molecule has 0 aromatic rings. The number of nitrogens with two attached hydrogens (primary N) is 1. The zero-order chi connectivity index (χ0) is 14.8. The van der Waals surface area contributed by atoms with Crippen LogP contribution in [0.25, 0.3) is 0 Å². The Balaban J connectivity index is 2.52. The van der Waals surface area contributed by atoms with Crippen LogP contribution in [0.2, 0.25) is 0 Å². The zero-order valence-corrected chi connectivity index (χ0v) is 11.6. The Morgan fingerprint density at radius 3 is 1.95 bits per heavy atom. The summed E-state index contributed by atoms with van der Waals surface area (Å²) in [5.41, 5.74) is 5.77. The molecular weight excluding hydrogens is 259 g/mol. The van der Waals surface area contributed by atoms with Gasteiger partial charge in [0.25, 0.3) is 0 Å². The number of halogens is 3. The number of hydrogen-bond acceptors (Lipinski definition) is 3. The molecule has 1 unspecified atom stereocenters. The fourth-order valence-corrected chi connectivity index (χ4v) is 2.03. The van der Waals surface area contributed by atoms with Gasteiger partial charge < -0.3 is 10.6 Å². The number of nitrogens with zero attached hydrogens (tertiary/aromatic N) is 2. The van der Waals surface area contributed by atoms with Crippen molar-refractivity contribution in [3.05, 3.63) is 0 Å². The molecule has 7 heteroatoms. The molecule has 0 aromatic heterocycles. The van der Waals surface area contributed by atoms with E-state index in [0.29, 0.717) is 13.1 Å². The number of carbonyl (C=O) groups excluding carboxylic acids is 1. The quantitative estimate of drug-likeness (QED) is 0.841. The van der Waals surface area contributed by atoms with Gasteiger partial charge in [-0.25, -0.2) is 0 Å². The van der Waals surface area contributed by atoms with Gasteiger partial charge >= 0.3 is 6.18 Å². The second kappa shape index (κ2) is 6.09. The summed E-state index contributed by atoms with van der Waals surface area (Å²) in [6.07, 6.45) is -4.22. The highest BCUT2D eigenvalue weighted by Crippen LogP contribution is 2.25. The van der Waals surface area contributed by atoms with E-state index in [0.717, 1.165) is 6.92 Å². The lowest BCUT2D eigenvalue weighted by atomic mass is 10.0. The lowest BCUT2D eigenvalue weighted by Gasteiger charge is -2.39. The Kier molecular flexibility index (Phi) is 5.20. The first-order valence-corrected chi connectivity index (χ1v) is 6.49. The monoisotopic (exact) mass is 281 g/mol. The maximum Gasteiger partial charge on any atom is 0.403 e. The van der Waals surface area contributed by atoms with Gasteiger partial charge in [0.2, 0.25) is 5.91 Å². The number of hydrogen-bond donors (Lipinski definition) is 1. The van der Waals surface area contributed by atoms with Crippen molar-refractivity contribution in [2.75, 3.05) is 26.2 Å². The first-order chi connectivity index (χ1) is 8.64. The van der Waals surface area contributed by atoms with E-state index in [-0.39, 0.29) is 24.9 Å². The molecule has 19 heavy (non-hydrogen) atoms. The first kappa shape index (κ1) is 16.2. The van der Waals surface area contributed by atoms with Crippen molar-refractivity contribution in [2.24, 2.45) is 11.7 Å². The maximum absolute atomic E-state index is 12.6. The second-order valence-corrected chi connectivity index (χ2v) is 5.35. The predicted molar refractivity (Wildman–Crippen MR) is 66.5 cm³/mol. The molecule has 1 aliphatic rings. The van der Waals surface area contributed by atoms with Gasteiger partial charge in [0, 0.05) is 26.2 Å². The molecule has 1 rings (SSSR count). The standard InChI is InChI=1S/C12H22F3N3O/c1-8(2)10(16)11(19)18-6-4-17(5-7-18)9(3)12(13,14)15/h8-10H,4-7,16H2,1-3H3/t9?,10-/m0/s1. The Morgan fingerprint density at radius 2 is 1.58 bits per heavy atom.